The Balaban J connectivity index is 0.000000483. The van der Waals surface area contributed by atoms with Crippen molar-refractivity contribution in [3.05, 3.63) is 54.6 Å². The van der Waals surface area contributed by atoms with Crippen molar-refractivity contribution in [3.8, 4) is 0 Å². The summed E-state index contributed by atoms with van der Waals surface area (Å²) in [5, 5.41) is 34.6. The quantitative estimate of drug-likeness (QED) is 0.282. The largest absolute Gasteiger partial charge is 0.478 e. The van der Waals surface area contributed by atoms with Crippen LogP contribution in [-0.2, 0) is 19.2 Å². The first-order valence-corrected chi connectivity index (χ1v) is 10.1. The fourth-order valence-corrected chi connectivity index (χ4v) is 2.96. The van der Waals surface area contributed by atoms with Gasteiger partial charge in [-0.05, 0) is 12.1 Å². The second kappa shape index (κ2) is 17.7. The zero-order valence-corrected chi connectivity index (χ0v) is 17.5. The van der Waals surface area contributed by atoms with Gasteiger partial charge in [0.05, 0.1) is 0 Å². The molecular weight excluding hydrogens is 428 g/mol. The zero-order valence-electron chi connectivity index (χ0n) is 16.7. The zero-order chi connectivity index (χ0) is 23.5. The van der Waals surface area contributed by atoms with Crippen LogP contribution in [0.3, 0.4) is 0 Å². The molecule has 1 aliphatic rings. The molecule has 1 saturated heterocycles. The van der Waals surface area contributed by atoms with Gasteiger partial charge >= 0.3 is 23.9 Å². The molecule has 11 heteroatoms. The molecule has 0 spiro atoms. The molecule has 0 unspecified atom stereocenters. The average molecular weight is 455 g/mol. The van der Waals surface area contributed by atoms with Crippen LogP contribution >= 0.6 is 11.8 Å². The van der Waals surface area contributed by atoms with Gasteiger partial charge in [-0.3, -0.25) is 4.90 Å². The third-order valence-electron chi connectivity index (χ3n) is 3.37. The van der Waals surface area contributed by atoms with Crippen LogP contribution in [0.25, 0.3) is 0 Å². The molecule has 0 saturated carbocycles. The molecule has 1 fully saturated rings. The third kappa shape index (κ3) is 19.9. The van der Waals surface area contributed by atoms with Crippen molar-refractivity contribution in [1.29, 1.82) is 0 Å². The lowest BCUT2D eigenvalue weighted by Gasteiger charge is -2.26. The van der Waals surface area contributed by atoms with Crippen LogP contribution in [-0.4, -0.2) is 87.7 Å². The Labute approximate surface area is 183 Å². The van der Waals surface area contributed by atoms with Crippen molar-refractivity contribution in [3.63, 3.8) is 0 Å². The van der Waals surface area contributed by atoms with E-state index in [4.69, 9.17) is 20.4 Å². The molecule has 1 aromatic rings. The molecule has 0 aromatic heterocycles. The molecule has 10 nitrogen and oxygen atoms in total. The highest BCUT2D eigenvalue weighted by Gasteiger charge is 2.08. The molecule has 1 aliphatic heterocycles. The van der Waals surface area contributed by atoms with Crippen LogP contribution in [0.4, 0.5) is 0 Å². The third-order valence-corrected chi connectivity index (χ3v) is 4.36. The Bertz CT molecular complexity index is 681. The average Bonchev–Trinajstić information content (AvgIpc) is 2.73. The Kier molecular flexibility index (Phi) is 15.9. The standard InChI is InChI=1S/C12H18N2S.2C4H4O4/c1-2-4-12(5-3-1)15-11-10-14-8-6-13-7-9-14;2*5-3(6)1-2-4(7)8/h1-5,13H,6-11H2;2*1-2H,(H,5,6)(H,7,8). The number of nitrogens with one attached hydrogen (secondary N) is 1. The Morgan fingerprint density at radius 1 is 0.806 bits per heavy atom. The van der Waals surface area contributed by atoms with Gasteiger partial charge in [0.15, 0.2) is 0 Å². The van der Waals surface area contributed by atoms with Crippen LogP contribution in [0, 0.1) is 0 Å². The summed E-state index contributed by atoms with van der Waals surface area (Å²) in [7, 11) is 0. The van der Waals surface area contributed by atoms with Crippen LogP contribution < -0.4 is 5.32 Å². The van der Waals surface area contributed by atoms with Gasteiger partial charge < -0.3 is 25.7 Å². The molecule has 0 radical (unpaired) electrons. The smallest absolute Gasteiger partial charge is 0.328 e. The van der Waals surface area contributed by atoms with Gasteiger partial charge in [-0.2, -0.15) is 0 Å². The maximum atomic E-state index is 9.55. The number of carboxylic acid groups (broad SMARTS) is 4. The molecule has 0 amide bonds. The van der Waals surface area contributed by atoms with Gasteiger partial charge in [-0.15, -0.1) is 11.8 Å². The number of thioether (sulfide) groups is 1. The number of aliphatic carboxylic acids is 4. The maximum Gasteiger partial charge on any atom is 0.328 e. The number of rotatable bonds is 8. The number of piperazine rings is 1. The SMILES string of the molecule is O=C(O)C=CC(=O)O.O=C(O)C=CC(=O)O.c1ccc(SCCN2CCNCC2)cc1. The Morgan fingerprint density at radius 3 is 1.61 bits per heavy atom. The molecule has 0 atom stereocenters. The highest BCUT2D eigenvalue weighted by Crippen LogP contribution is 2.16. The lowest BCUT2D eigenvalue weighted by atomic mass is 10.4. The molecule has 1 aromatic carbocycles. The second-order valence-electron chi connectivity index (χ2n) is 5.77. The topological polar surface area (TPSA) is 164 Å². The molecule has 2 rings (SSSR count). The lowest BCUT2D eigenvalue weighted by Crippen LogP contribution is -2.44. The summed E-state index contributed by atoms with van der Waals surface area (Å²) in [6.45, 7) is 5.91. The summed E-state index contributed by atoms with van der Waals surface area (Å²) < 4.78 is 0. The van der Waals surface area contributed by atoms with Gasteiger partial charge in [0.25, 0.3) is 0 Å². The van der Waals surface area contributed by atoms with Crippen molar-refractivity contribution in [2.24, 2.45) is 0 Å². The Hall–Kier alpha value is -3.15. The van der Waals surface area contributed by atoms with Crippen molar-refractivity contribution in [2.45, 2.75) is 4.90 Å². The summed E-state index contributed by atoms with van der Waals surface area (Å²) in [5.41, 5.74) is 0. The first kappa shape index (κ1) is 27.8. The minimum absolute atomic E-state index is 0.558. The van der Waals surface area contributed by atoms with Crippen LogP contribution in [0.15, 0.2) is 59.5 Å². The number of benzene rings is 1. The van der Waals surface area contributed by atoms with Gasteiger partial charge in [0.1, 0.15) is 0 Å². The first-order valence-electron chi connectivity index (χ1n) is 9.09. The van der Waals surface area contributed by atoms with Gasteiger partial charge in [-0.1, -0.05) is 18.2 Å². The first-order chi connectivity index (χ1) is 14.7. The molecule has 31 heavy (non-hydrogen) atoms. The summed E-state index contributed by atoms with van der Waals surface area (Å²) in [4.78, 5) is 42.1. The maximum absolute atomic E-state index is 9.55. The van der Waals surface area contributed by atoms with Gasteiger partial charge in [0.2, 0.25) is 0 Å². The number of hydrogen-bond acceptors (Lipinski definition) is 7. The molecule has 5 N–H and O–H groups in total. The summed E-state index contributed by atoms with van der Waals surface area (Å²) >= 11 is 1.95. The minimum Gasteiger partial charge on any atom is -0.478 e. The number of hydrogen-bond donors (Lipinski definition) is 5. The molecule has 170 valence electrons. The van der Waals surface area contributed by atoms with E-state index in [0.29, 0.717) is 24.3 Å². The normalized spacial score (nSPS) is 13.5. The van der Waals surface area contributed by atoms with E-state index in [1.807, 2.05) is 11.8 Å². The second-order valence-corrected chi connectivity index (χ2v) is 6.94. The van der Waals surface area contributed by atoms with Crippen molar-refractivity contribution >= 4 is 35.6 Å². The van der Waals surface area contributed by atoms with E-state index >= 15 is 0 Å². The predicted molar refractivity (Wildman–Crippen MR) is 115 cm³/mol. The van der Waals surface area contributed by atoms with Gasteiger partial charge in [0, 0.05) is 67.7 Å². The van der Waals surface area contributed by atoms with E-state index in [1.54, 1.807) is 0 Å². The molecule has 0 bridgehead atoms. The monoisotopic (exact) mass is 454 g/mol. The van der Waals surface area contributed by atoms with Crippen molar-refractivity contribution in [1.82, 2.24) is 10.2 Å². The van der Waals surface area contributed by atoms with E-state index in [9.17, 15) is 19.2 Å². The molecule has 0 aliphatic carbocycles. The lowest BCUT2D eigenvalue weighted by molar-refractivity contribution is -0.134. The van der Waals surface area contributed by atoms with Crippen LogP contribution in [0.5, 0.6) is 0 Å². The van der Waals surface area contributed by atoms with Crippen LogP contribution in [0.1, 0.15) is 0 Å². The van der Waals surface area contributed by atoms with E-state index in [-0.39, 0.29) is 0 Å². The summed E-state index contributed by atoms with van der Waals surface area (Å²) in [6.07, 6.45) is 2.23. The van der Waals surface area contributed by atoms with E-state index < -0.39 is 23.9 Å². The molecule has 1 heterocycles. The fraction of sp³-hybridized carbons (Fsp3) is 0.300. The fourth-order valence-electron chi connectivity index (χ4n) is 2.03. The van der Waals surface area contributed by atoms with Crippen LogP contribution in [0.2, 0.25) is 0 Å². The molecular formula is C20H26N2O8S. The highest BCUT2D eigenvalue weighted by molar-refractivity contribution is 7.99. The van der Waals surface area contributed by atoms with Crippen molar-refractivity contribution < 1.29 is 39.6 Å². The predicted octanol–water partition coefficient (Wildman–Crippen LogP) is 1.11. The van der Waals surface area contributed by atoms with Gasteiger partial charge in [-0.25, -0.2) is 19.2 Å². The van der Waals surface area contributed by atoms with Crippen molar-refractivity contribution in [2.75, 3.05) is 38.5 Å². The number of nitrogens with zero attached hydrogens (tertiary/aromatic N) is 1. The van der Waals surface area contributed by atoms with E-state index in [1.165, 1.54) is 30.3 Å². The Morgan fingerprint density at radius 2 is 1.23 bits per heavy atom. The number of carbonyl (C=O) groups is 4. The highest BCUT2D eigenvalue weighted by atomic mass is 32.2. The minimum atomic E-state index is -1.26. The summed E-state index contributed by atoms with van der Waals surface area (Å²) in [6, 6.07) is 10.6. The summed E-state index contributed by atoms with van der Waals surface area (Å²) in [5.74, 6) is -3.83. The van der Waals surface area contributed by atoms with E-state index in [0.717, 1.165) is 13.1 Å². The number of carboxylic acids is 4. The van der Waals surface area contributed by atoms with E-state index in [2.05, 4.69) is 40.5 Å².